The van der Waals surface area contributed by atoms with Crippen molar-refractivity contribution >= 4 is 17.9 Å². The van der Waals surface area contributed by atoms with E-state index >= 15 is 0 Å². The fourth-order valence-corrected chi connectivity index (χ4v) is 2.80. The van der Waals surface area contributed by atoms with E-state index in [0.717, 1.165) is 16.9 Å². The Morgan fingerprint density at radius 2 is 2.17 bits per heavy atom. The van der Waals surface area contributed by atoms with Crippen LogP contribution in [0.1, 0.15) is 24.6 Å². The van der Waals surface area contributed by atoms with Gasteiger partial charge in [0, 0.05) is 25.2 Å². The van der Waals surface area contributed by atoms with Gasteiger partial charge in [-0.3, -0.25) is 14.5 Å². The average Bonchev–Trinajstić information content (AvgIpc) is 3.14. The SMILES string of the molecule is COc1cc(C=C2CCN(C(C)=O)C2=O)ccc1-n1cnc(C)c1. The van der Waals surface area contributed by atoms with Crippen LogP contribution in [-0.4, -0.2) is 39.9 Å². The molecule has 0 spiro atoms. The second-order valence-electron chi connectivity index (χ2n) is 5.75. The molecule has 2 heterocycles. The Kier molecular flexibility index (Phi) is 4.20. The first-order valence-electron chi connectivity index (χ1n) is 7.71. The summed E-state index contributed by atoms with van der Waals surface area (Å²) in [6, 6.07) is 5.72. The summed E-state index contributed by atoms with van der Waals surface area (Å²) in [6.45, 7) is 3.78. The molecule has 0 N–H and O–H groups in total. The van der Waals surface area contributed by atoms with Crippen LogP contribution in [-0.2, 0) is 9.59 Å². The molecule has 1 aromatic carbocycles. The lowest BCUT2D eigenvalue weighted by Crippen LogP contribution is -2.29. The third kappa shape index (κ3) is 2.95. The van der Waals surface area contributed by atoms with Crippen LogP contribution in [0, 0.1) is 6.92 Å². The Bertz CT molecular complexity index is 836. The van der Waals surface area contributed by atoms with Crippen LogP contribution in [0.15, 0.2) is 36.3 Å². The predicted octanol–water partition coefficient (Wildman–Crippen LogP) is 2.35. The molecule has 2 amide bonds. The summed E-state index contributed by atoms with van der Waals surface area (Å²) in [5.74, 6) is 0.262. The summed E-state index contributed by atoms with van der Waals surface area (Å²) in [7, 11) is 1.61. The molecular formula is C18H19N3O3. The Morgan fingerprint density at radius 1 is 1.38 bits per heavy atom. The van der Waals surface area contributed by atoms with E-state index in [2.05, 4.69) is 4.98 Å². The third-order valence-corrected chi connectivity index (χ3v) is 4.04. The van der Waals surface area contributed by atoms with Crippen molar-refractivity contribution in [2.24, 2.45) is 0 Å². The first-order chi connectivity index (χ1) is 11.5. The van der Waals surface area contributed by atoms with Gasteiger partial charge in [0.2, 0.25) is 5.91 Å². The lowest BCUT2D eigenvalue weighted by atomic mass is 10.1. The Balaban J connectivity index is 1.92. The number of ether oxygens (including phenoxy) is 1. The molecular weight excluding hydrogens is 306 g/mol. The van der Waals surface area contributed by atoms with Crippen LogP contribution in [0.4, 0.5) is 0 Å². The van der Waals surface area contributed by atoms with Gasteiger partial charge in [-0.05, 0) is 37.1 Å². The van der Waals surface area contributed by atoms with Crippen molar-refractivity contribution in [3.05, 3.63) is 47.6 Å². The monoisotopic (exact) mass is 325 g/mol. The highest BCUT2D eigenvalue weighted by atomic mass is 16.5. The van der Waals surface area contributed by atoms with Crippen LogP contribution in [0.5, 0.6) is 5.75 Å². The second-order valence-corrected chi connectivity index (χ2v) is 5.75. The number of imide groups is 1. The highest BCUT2D eigenvalue weighted by Crippen LogP contribution is 2.27. The molecule has 0 bridgehead atoms. The van der Waals surface area contributed by atoms with E-state index in [0.29, 0.717) is 24.3 Å². The van der Waals surface area contributed by atoms with Crippen molar-refractivity contribution in [1.29, 1.82) is 0 Å². The van der Waals surface area contributed by atoms with Crippen LogP contribution < -0.4 is 4.74 Å². The van der Waals surface area contributed by atoms with Gasteiger partial charge in [0.05, 0.1) is 24.8 Å². The Labute approximate surface area is 140 Å². The van der Waals surface area contributed by atoms with E-state index < -0.39 is 0 Å². The molecule has 3 rings (SSSR count). The fourth-order valence-electron chi connectivity index (χ4n) is 2.80. The summed E-state index contributed by atoms with van der Waals surface area (Å²) in [6.07, 6.45) is 6.04. The Hall–Kier alpha value is -2.89. The largest absolute Gasteiger partial charge is 0.495 e. The maximum atomic E-state index is 12.2. The van der Waals surface area contributed by atoms with Crippen molar-refractivity contribution in [3.63, 3.8) is 0 Å². The number of hydrogen-bond donors (Lipinski definition) is 0. The lowest BCUT2D eigenvalue weighted by Gasteiger charge is -2.10. The quantitative estimate of drug-likeness (QED) is 0.813. The number of benzene rings is 1. The van der Waals surface area contributed by atoms with Gasteiger partial charge in [-0.15, -0.1) is 0 Å². The molecule has 1 aliphatic heterocycles. The molecule has 1 fully saturated rings. The van der Waals surface area contributed by atoms with Gasteiger partial charge in [-0.25, -0.2) is 4.98 Å². The van der Waals surface area contributed by atoms with Gasteiger partial charge in [0.25, 0.3) is 5.91 Å². The second kappa shape index (κ2) is 6.31. The molecule has 24 heavy (non-hydrogen) atoms. The standard InChI is InChI=1S/C18H19N3O3/c1-12-10-20(11-19-12)16-5-4-14(9-17(16)24-3)8-15-6-7-21(13(2)22)18(15)23/h4-5,8-11H,6-7H2,1-3H3. The van der Waals surface area contributed by atoms with Gasteiger partial charge in [0.1, 0.15) is 5.75 Å². The molecule has 0 unspecified atom stereocenters. The zero-order chi connectivity index (χ0) is 17.3. The number of likely N-dealkylation sites (tertiary alicyclic amines) is 1. The molecule has 1 aliphatic rings. The molecule has 1 aromatic heterocycles. The molecule has 1 saturated heterocycles. The lowest BCUT2D eigenvalue weighted by molar-refractivity contribution is -0.138. The van der Waals surface area contributed by atoms with Crippen LogP contribution in [0.25, 0.3) is 11.8 Å². The number of imidazole rings is 1. The van der Waals surface area contributed by atoms with Crippen LogP contribution in [0.2, 0.25) is 0 Å². The molecule has 6 nitrogen and oxygen atoms in total. The Morgan fingerprint density at radius 3 is 2.75 bits per heavy atom. The summed E-state index contributed by atoms with van der Waals surface area (Å²) in [4.78, 5) is 29.1. The number of nitrogens with zero attached hydrogens (tertiary/aromatic N) is 3. The number of carbonyl (C=O) groups is 2. The van der Waals surface area contributed by atoms with Gasteiger partial charge in [0.15, 0.2) is 0 Å². The molecule has 0 radical (unpaired) electrons. The minimum Gasteiger partial charge on any atom is -0.495 e. The fraction of sp³-hybridized carbons (Fsp3) is 0.278. The van der Waals surface area contributed by atoms with E-state index in [-0.39, 0.29) is 11.8 Å². The van der Waals surface area contributed by atoms with Gasteiger partial charge < -0.3 is 9.30 Å². The summed E-state index contributed by atoms with van der Waals surface area (Å²) >= 11 is 0. The molecule has 0 aliphatic carbocycles. The number of rotatable bonds is 3. The first-order valence-corrected chi connectivity index (χ1v) is 7.71. The number of aromatic nitrogens is 2. The smallest absolute Gasteiger partial charge is 0.256 e. The number of aryl methyl sites for hydroxylation is 1. The zero-order valence-electron chi connectivity index (χ0n) is 13.9. The maximum Gasteiger partial charge on any atom is 0.256 e. The highest BCUT2D eigenvalue weighted by molar-refractivity contribution is 6.08. The highest BCUT2D eigenvalue weighted by Gasteiger charge is 2.28. The van der Waals surface area contributed by atoms with E-state index in [9.17, 15) is 9.59 Å². The number of amides is 2. The number of carbonyl (C=O) groups excluding carboxylic acids is 2. The van der Waals surface area contributed by atoms with Crippen molar-refractivity contribution in [1.82, 2.24) is 14.5 Å². The van der Waals surface area contributed by atoms with Crippen molar-refractivity contribution in [3.8, 4) is 11.4 Å². The topological polar surface area (TPSA) is 64.4 Å². The predicted molar refractivity (Wildman–Crippen MR) is 89.8 cm³/mol. The summed E-state index contributed by atoms with van der Waals surface area (Å²) in [5.41, 5.74) is 3.30. The van der Waals surface area contributed by atoms with Crippen molar-refractivity contribution < 1.29 is 14.3 Å². The zero-order valence-corrected chi connectivity index (χ0v) is 13.9. The average molecular weight is 325 g/mol. The molecule has 0 atom stereocenters. The van der Waals surface area contributed by atoms with Gasteiger partial charge in [-0.2, -0.15) is 0 Å². The molecule has 0 saturated carbocycles. The van der Waals surface area contributed by atoms with Crippen molar-refractivity contribution in [2.45, 2.75) is 20.3 Å². The number of methoxy groups -OCH3 is 1. The van der Waals surface area contributed by atoms with Crippen LogP contribution >= 0.6 is 0 Å². The van der Waals surface area contributed by atoms with E-state index in [1.807, 2.05) is 42.0 Å². The third-order valence-electron chi connectivity index (χ3n) is 4.04. The normalized spacial score (nSPS) is 16.0. The van der Waals surface area contributed by atoms with Crippen molar-refractivity contribution in [2.75, 3.05) is 13.7 Å². The molecule has 124 valence electrons. The maximum absolute atomic E-state index is 12.2. The molecule has 6 heteroatoms. The van der Waals surface area contributed by atoms with E-state index in [1.165, 1.54) is 11.8 Å². The minimum atomic E-state index is -0.216. The summed E-state index contributed by atoms with van der Waals surface area (Å²) in [5, 5.41) is 0. The minimum absolute atomic E-state index is 0.212. The number of hydrogen-bond acceptors (Lipinski definition) is 4. The van der Waals surface area contributed by atoms with Gasteiger partial charge in [-0.1, -0.05) is 6.07 Å². The first kappa shape index (κ1) is 16.0. The van der Waals surface area contributed by atoms with Gasteiger partial charge >= 0.3 is 0 Å². The van der Waals surface area contributed by atoms with E-state index in [4.69, 9.17) is 4.74 Å². The summed E-state index contributed by atoms with van der Waals surface area (Å²) < 4.78 is 7.37. The van der Waals surface area contributed by atoms with Crippen LogP contribution in [0.3, 0.4) is 0 Å². The van der Waals surface area contributed by atoms with E-state index in [1.54, 1.807) is 13.4 Å². The molecule has 2 aromatic rings.